The highest BCUT2D eigenvalue weighted by Gasteiger charge is 2.45. The molecule has 4 rings (SSSR count). The Kier molecular flexibility index (Phi) is 6.30. The zero-order valence-corrected chi connectivity index (χ0v) is 17.7. The van der Waals surface area contributed by atoms with Crippen molar-refractivity contribution in [3.8, 4) is 5.75 Å². The number of benzene rings is 1. The smallest absolute Gasteiger partial charge is 0.295 e. The zero-order valence-electron chi connectivity index (χ0n) is 17.7. The van der Waals surface area contributed by atoms with E-state index in [-0.39, 0.29) is 11.3 Å². The van der Waals surface area contributed by atoms with Gasteiger partial charge in [-0.1, -0.05) is 12.1 Å². The van der Waals surface area contributed by atoms with E-state index in [1.807, 2.05) is 17.7 Å². The Morgan fingerprint density at radius 3 is 2.62 bits per heavy atom. The van der Waals surface area contributed by atoms with Gasteiger partial charge >= 0.3 is 0 Å². The lowest BCUT2D eigenvalue weighted by molar-refractivity contribution is -0.139. The van der Waals surface area contributed by atoms with Gasteiger partial charge in [0.25, 0.3) is 11.7 Å². The van der Waals surface area contributed by atoms with Crippen LogP contribution >= 0.6 is 0 Å². The molecule has 1 amide bonds. The van der Waals surface area contributed by atoms with E-state index in [1.54, 1.807) is 61.3 Å². The topological polar surface area (TPSA) is 97.6 Å². The summed E-state index contributed by atoms with van der Waals surface area (Å²) in [5.41, 5.74) is 1.20. The lowest BCUT2D eigenvalue weighted by Crippen LogP contribution is -2.31. The fraction of sp³-hybridized carbons (Fsp3) is 0.250. The van der Waals surface area contributed by atoms with Gasteiger partial charge < -0.3 is 19.3 Å². The Balaban J connectivity index is 1.71. The van der Waals surface area contributed by atoms with E-state index in [2.05, 4.69) is 9.97 Å². The Bertz CT molecular complexity index is 1130. The first-order valence-corrected chi connectivity index (χ1v) is 10.5. The largest absolute Gasteiger partial charge is 0.507 e. The monoisotopic (exact) mass is 432 g/mol. The molecule has 1 aromatic carbocycles. The van der Waals surface area contributed by atoms with Crippen molar-refractivity contribution in [1.82, 2.24) is 19.4 Å². The molecule has 0 saturated carbocycles. The maximum absolute atomic E-state index is 13.0. The second kappa shape index (κ2) is 9.47. The SMILES string of the molecule is CCOc1cccc(C(O)=C2C(=O)C(=O)N(CCCn3ccnc3)[C@@H]2c2ccncc2)c1. The molecule has 32 heavy (non-hydrogen) atoms. The van der Waals surface area contributed by atoms with E-state index in [0.717, 1.165) is 0 Å². The average molecular weight is 432 g/mol. The summed E-state index contributed by atoms with van der Waals surface area (Å²) in [5, 5.41) is 11.1. The highest BCUT2D eigenvalue weighted by Crippen LogP contribution is 2.39. The minimum Gasteiger partial charge on any atom is -0.507 e. The van der Waals surface area contributed by atoms with Crippen molar-refractivity contribution in [2.24, 2.45) is 0 Å². The molecule has 1 fully saturated rings. The van der Waals surface area contributed by atoms with Crippen molar-refractivity contribution >= 4 is 17.4 Å². The van der Waals surface area contributed by atoms with Gasteiger partial charge in [-0.05, 0) is 43.2 Å². The standard InChI is InChI=1S/C24H24N4O4/c1-2-32-19-6-3-5-18(15-19)22(29)20-21(17-7-9-25-10-8-17)28(24(31)23(20)30)13-4-12-27-14-11-26-16-27/h3,5-11,14-16,21,29H,2,4,12-13H2,1H3/t21-/m1/s1. The van der Waals surface area contributed by atoms with Gasteiger partial charge in [0.2, 0.25) is 0 Å². The summed E-state index contributed by atoms with van der Waals surface area (Å²) >= 11 is 0. The van der Waals surface area contributed by atoms with Crippen molar-refractivity contribution in [3.05, 3.63) is 84.2 Å². The molecule has 0 unspecified atom stereocenters. The van der Waals surface area contributed by atoms with Gasteiger partial charge in [-0.25, -0.2) is 4.98 Å². The van der Waals surface area contributed by atoms with Crippen molar-refractivity contribution in [2.75, 3.05) is 13.2 Å². The van der Waals surface area contributed by atoms with E-state index in [4.69, 9.17) is 4.74 Å². The number of nitrogens with zero attached hydrogens (tertiary/aromatic N) is 4. The molecule has 0 radical (unpaired) electrons. The number of hydrogen-bond acceptors (Lipinski definition) is 6. The van der Waals surface area contributed by atoms with Crippen molar-refractivity contribution in [2.45, 2.75) is 25.9 Å². The Hall–Kier alpha value is -3.94. The summed E-state index contributed by atoms with van der Waals surface area (Å²) in [6.45, 7) is 3.35. The van der Waals surface area contributed by atoms with E-state index in [1.165, 1.54) is 4.90 Å². The van der Waals surface area contributed by atoms with Gasteiger partial charge in [-0.2, -0.15) is 0 Å². The fourth-order valence-corrected chi connectivity index (χ4v) is 3.90. The lowest BCUT2D eigenvalue weighted by atomic mass is 9.96. The van der Waals surface area contributed by atoms with E-state index in [9.17, 15) is 14.7 Å². The van der Waals surface area contributed by atoms with Crippen LogP contribution in [0.2, 0.25) is 0 Å². The number of ether oxygens (including phenoxy) is 1. The molecule has 0 bridgehead atoms. The predicted octanol–water partition coefficient (Wildman–Crippen LogP) is 3.19. The maximum Gasteiger partial charge on any atom is 0.295 e. The van der Waals surface area contributed by atoms with Gasteiger partial charge in [0.05, 0.1) is 24.5 Å². The molecule has 1 atom stereocenters. The fourth-order valence-electron chi connectivity index (χ4n) is 3.90. The number of imidazole rings is 1. The molecule has 1 saturated heterocycles. The first-order valence-electron chi connectivity index (χ1n) is 10.5. The highest BCUT2D eigenvalue weighted by atomic mass is 16.5. The molecule has 164 valence electrons. The number of aryl methyl sites for hydroxylation is 1. The van der Waals surface area contributed by atoms with Crippen LogP contribution in [0, 0.1) is 0 Å². The van der Waals surface area contributed by atoms with Crippen LogP contribution in [-0.2, 0) is 16.1 Å². The minimum absolute atomic E-state index is 0.0671. The van der Waals surface area contributed by atoms with Gasteiger partial charge in [-0.15, -0.1) is 0 Å². The quantitative estimate of drug-likeness (QED) is 0.334. The molecule has 0 spiro atoms. The maximum atomic E-state index is 13.0. The normalized spacial score (nSPS) is 17.7. The number of carbonyl (C=O) groups excluding carboxylic acids is 2. The molecule has 1 aliphatic rings. The Labute approximate surface area is 185 Å². The molecular weight excluding hydrogens is 408 g/mol. The number of aliphatic hydroxyl groups excluding tert-OH is 1. The third-order valence-electron chi connectivity index (χ3n) is 5.35. The van der Waals surface area contributed by atoms with Gasteiger partial charge in [0.1, 0.15) is 11.5 Å². The van der Waals surface area contributed by atoms with Gasteiger partial charge in [0.15, 0.2) is 0 Å². The second-order valence-electron chi connectivity index (χ2n) is 7.39. The molecule has 3 aromatic rings. The summed E-state index contributed by atoms with van der Waals surface area (Å²) in [5.74, 6) is -0.968. The number of ketones is 1. The van der Waals surface area contributed by atoms with Gasteiger partial charge in [-0.3, -0.25) is 14.6 Å². The molecule has 1 N–H and O–H groups in total. The van der Waals surface area contributed by atoms with Crippen LogP contribution < -0.4 is 4.74 Å². The summed E-state index contributed by atoms with van der Waals surface area (Å²) in [6, 6.07) is 9.67. The molecule has 8 nitrogen and oxygen atoms in total. The molecule has 0 aliphatic carbocycles. The molecule has 1 aliphatic heterocycles. The number of aliphatic hydroxyl groups is 1. The zero-order chi connectivity index (χ0) is 22.5. The minimum atomic E-state index is -0.700. The van der Waals surface area contributed by atoms with Crippen molar-refractivity contribution < 1.29 is 19.4 Å². The van der Waals surface area contributed by atoms with Crippen LogP contribution in [0.1, 0.15) is 30.5 Å². The number of likely N-dealkylation sites (tertiary alicyclic amines) is 1. The van der Waals surface area contributed by atoms with Crippen LogP contribution in [0.5, 0.6) is 5.75 Å². The van der Waals surface area contributed by atoms with Crippen LogP contribution in [-0.4, -0.2) is 49.4 Å². The highest BCUT2D eigenvalue weighted by molar-refractivity contribution is 6.46. The summed E-state index contributed by atoms with van der Waals surface area (Å²) < 4.78 is 7.43. The number of hydrogen-bond donors (Lipinski definition) is 1. The van der Waals surface area contributed by atoms with Crippen LogP contribution in [0.15, 0.2) is 73.1 Å². The van der Waals surface area contributed by atoms with Crippen molar-refractivity contribution in [1.29, 1.82) is 0 Å². The molecule has 8 heteroatoms. The van der Waals surface area contributed by atoms with E-state index < -0.39 is 17.7 Å². The molecular formula is C24H24N4O4. The number of pyridine rings is 1. The number of aromatic nitrogens is 3. The predicted molar refractivity (Wildman–Crippen MR) is 118 cm³/mol. The Morgan fingerprint density at radius 2 is 1.91 bits per heavy atom. The molecule has 2 aromatic heterocycles. The van der Waals surface area contributed by atoms with Gasteiger partial charge in [0, 0.05) is 43.4 Å². The number of Topliss-reactive ketones (excluding diaryl/α,β-unsaturated/α-hetero) is 1. The second-order valence-corrected chi connectivity index (χ2v) is 7.39. The first-order chi connectivity index (χ1) is 15.6. The van der Waals surface area contributed by atoms with Crippen LogP contribution in [0.3, 0.4) is 0 Å². The third-order valence-corrected chi connectivity index (χ3v) is 5.35. The van der Waals surface area contributed by atoms with Crippen LogP contribution in [0.4, 0.5) is 0 Å². The average Bonchev–Trinajstić information content (AvgIpc) is 3.42. The number of rotatable bonds is 8. The van der Waals surface area contributed by atoms with Crippen molar-refractivity contribution in [3.63, 3.8) is 0 Å². The van der Waals surface area contributed by atoms with E-state index >= 15 is 0 Å². The molecule has 3 heterocycles. The van der Waals surface area contributed by atoms with E-state index in [0.29, 0.717) is 43.0 Å². The number of carbonyl (C=O) groups is 2. The first kappa shape index (κ1) is 21.3. The van der Waals surface area contributed by atoms with Crippen LogP contribution in [0.25, 0.3) is 5.76 Å². The number of amides is 1. The summed E-state index contributed by atoms with van der Waals surface area (Å²) in [6.07, 6.45) is 9.09. The summed E-state index contributed by atoms with van der Waals surface area (Å²) in [7, 11) is 0. The summed E-state index contributed by atoms with van der Waals surface area (Å²) in [4.78, 5) is 35.6. The Morgan fingerprint density at radius 1 is 1.09 bits per heavy atom. The third kappa shape index (κ3) is 4.25. The lowest BCUT2D eigenvalue weighted by Gasteiger charge is -2.25.